The molecular weight excluding hydrogens is 427 g/mol. The van der Waals surface area contributed by atoms with Crippen molar-refractivity contribution < 1.29 is 23.2 Å². The maximum Gasteiger partial charge on any atom is 0.413 e. The summed E-state index contributed by atoms with van der Waals surface area (Å²) in [7, 11) is 1.60. The van der Waals surface area contributed by atoms with Crippen LogP contribution in [-0.4, -0.2) is 35.8 Å². The minimum atomic E-state index is -0.468. The molecule has 0 bridgehead atoms. The fraction of sp³-hybridized carbons (Fsp3) is 0.167. The predicted molar refractivity (Wildman–Crippen MR) is 122 cm³/mol. The Bertz CT molecular complexity index is 1320. The molecule has 4 rings (SSSR count). The maximum absolute atomic E-state index is 13.3. The van der Waals surface area contributed by atoms with Crippen molar-refractivity contribution >= 4 is 34.5 Å². The van der Waals surface area contributed by atoms with Gasteiger partial charge >= 0.3 is 6.09 Å². The Kier molecular flexibility index (Phi) is 6.03. The van der Waals surface area contributed by atoms with E-state index >= 15 is 0 Å². The van der Waals surface area contributed by atoms with E-state index < -0.39 is 6.09 Å². The third kappa shape index (κ3) is 4.52. The summed E-state index contributed by atoms with van der Waals surface area (Å²) in [6, 6.07) is 14.2. The van der Waals surface area contributed by atoms with Crippen molar-refractivity contribution in [3.8, 4) is 11.3 Å². The summed E-state index contributed by atoms with van der Waals surface area (Å²) in [5, 5.41) is 7.27. The summed E-state index contributed by atoms with van der Waals surface area (Å²) in [6.07, 6.45) is -0.468. The molecule has 0 saturated carbocycles. The molecule has 0 aliphatic rings. The van der Waals surface area contributed by atoms with Crippen molar-refractivity contribution in [2.24, 2.45) is 0 Å². The quantitative estimate of drug-likeness (QED) is 0.452. The number of carbonyl (C=O) groups excluding carboxylic acids is 2. The molecule has 0 radical (unpaired) electrons. The Labute approximate surface area is 189 Å². The highest BCUT2D eigenvalue weighted by Gasteiger charge is 2.20. The number of ether oxygens (including phenoxy) is 1. The van der Waals surface area contributed by atoms with Gasteiger partial charge < -0.3 is 14.6 Å². The molecule has 0 spiro atoms. The van der Waals surface area contributed by atoms with E-state index in [1.165, 1.54) is 17.0 Å². The van der Waals surface area contributed by atoms with Crippen molar-refractivity contribution in [1.82, 2.24) is 10.1 Å². The number of benzene rings is 2. The molecule has 0 aliphatic heterocycles. The lowest BCUT2D eigenvalue weighted by Gasteiger charge is -2.17. The number of pyridine rings is 1. The molecule has 33 heavy (non-hydrogen) atoms. The molecule has 8 nitrogen and oxygen atoms in total. The fourth-order valence-corrected chi connectivity index (χ4v) is 3.33. The molecule has 0 atom stereocenters. The minimum absolute atomic E-state index is 0.214. The zero-order valence-corrected chi connectivity index (χ0v) is 18.3. The monoisotopic (exact) mass is 448 g/mol. The number of nitrogens with zero attached hydrogens (tertiary/aromatic N) is 3. The smallest absolute Gasteiger partial charge is 0.413 e. The molecular formula is C24H21FN4O4. The second-order valence-corrected chi connectivity index (χ2v) is 7.27. The molecule has 2 heterocycles. The molecule has 2 aromatic heterocycles. The summed E-state index contributed by atoms with van der Waals surface area (Å²) in [5.41, 5.74) is 3.30. The third-order valence-corrected chi connectivity index (χ3v) is 5.06. The molecule has 0 saturated heterocycles. The molecule has 1 N–H and O–H groups in total. The molecule has 2 aromatic carbocycles. The number of hydrogen-bond acceptors (Lipinski definition) is 6. The minimum Gasteiger partial charge on any atom is -0.449 e. The van der Waals surface area contributed by atoms with Gasteiger partial charge in [-0.2, -0.15) is 0 Å². The molecule has 2 amide bonds. The number of nitrogens with one attached hydrogen (secondary N) is 1. The van der Waals surface area contributed by atoms with Gasteiger partial charge in [-0.1, -0.05) is 5.16 Å². The first kappa shape index (κ1) is 21.9. The van der Waals surface area contributed by atoms with Crippen LogP contribution in [0.15, 0.2) is 59.1 Å². The molecule has 0 fully saturated rings. The molecule has 0 unspecified atom stereocenters. The fourth-order valence-electron chi connectivity index (χ4n) is 3.33. The van der Waals surface area contributed by atoms with E-state index in [1.807, 2.05) is 0 Å². The van der Waals surface area contributed by atoms with E-state index in [4.69, 9.17) is 9.26 Å². The number of hydrogen-bond donors (Lipinski definition) is 1. The number of anilines is 2. The second-order valence-electron chi connectivity index (χ2n) is 7.27. The second kappa shape index (κ2) is 9.07. The van der Waals surface area contributed by atoms with Crippen molar-refractivity contribution in [3.63, 3.8) is 0 Å². The van der Waals surface area contributed by atoms with Gasteiger partial charge in [0.1, 0.15) is 5.82 Å². The highest BCUT2D eigenvalue weighted by atomic mass is 19.1. The van der Waals surface area contributed by atoms with Gasteiger partial charge in [-0.15, -0.1) is 0 Å². The highest BCUT2D eigenvalue weighted by Crippen LogP contribution is 2.28. The van der Waals surface area contributed by atoms with Crippen LogP contribution < -0.4 is 10.2 Å². The Hall–Kier alpha value is -4.27. The van der Waals surface area contributed by atoms with E-state index in [0.717, 1.165) is 0 Å². The van der Waals surface area contributed by atoms with Crippen molar-refractivity contribution in [3.05, 3.63) is 71.7 Å². The zero-order chi connectivity index (χ0) is 23.5. The summed E-state index contributed by atoms with van der Waals surface area (Å²) in [4.78, 5) is 30.9. The summed E-state index contributed by atoms with van der Waals surface area (Å²) in [6.45, 7) is 3.74. The average Bonchev–Trinajstić information content (AvgIpc) is 3.19. The van der Waals surface area contributed by atoms with Crippen LogP contribution in [-0.2, 0) is 4.74 Å². The van der Waals surface area contributed by atoms with Gasteiger partial charge in [0.05, 0.1) is 28.9 Å². The van der Waals surface area contributed by atoms with Gasteiger partial charge in [-0.3, -0.25) is 9.69 Å². The number of halogens is 1. The lowest BCUT2D eigenvalue weighted by Crippen LogP contribution is -2.26. The van der Waals surface area contributed by atoms with E-state index in [9.17, 15) is 14.0 Å². The van der Waals surface area contributed by atoms with Crippen LogP contribution in [0.1, 0.15) is 23.0 Å². The van der Waals surface area contributed by atoms with E-state index in [-0.39, 0.29) is 24.0 Å². The molecule has 0 aliphatic carbocycles. The van der Waals surface area contributed by atoms with Gasteiger partial charge in [0.2, 0.25) is 0 Å². The van der Waals surface area contributed by atoms with Crippen LogP contribution >= 0.6 is 0 Å². The predicted octanol–water partition coefficient (Wildman–Crippen LogP) is 5.18. The Morgan fingerprint density at radius 1 is 1.12 bits per heavy atom. The first-order valence-electron chi connectivity index (χ1n) is 10.2. The van der Waals surface area contributed by atoms with Gasteiger partial charge in [0.25, 0.3) is 11.6 Å². The zero-order valence-electron chi connectivity index (χ0n) is 18.3. The third-order valence-electron chi connectivity index (χ3n) is 5.06. The lowest BCUT2D eigenvalue weighted by molar-refractivity contribution is 0.102. The van der Waals surface area contributed by atoms with Gasteiger partial charge in [-0.25, -0.2) is 14.2 Å². The summed E-state index contributed by atoms with van der Waals surface area (Å²) < 4.78 is 23.6. The normalized spacial score (nSPS) is 10.8. The van der Waals surface area contributed by atoms with Crippen molar-refractivity contribution in [2.45, 2.75) is 13.8 Å². The highest BCUT2D eigenvalue weighted by molar-refractivity contribution is 6.13. The average molecular weight is 448 g/mol. The number of rotatable bonds is 5. The molecule has 4 aromatic rings. The van der Waals surface area contributed by atoms with Gasteiger partial charge in [0.15, 0.2) is 0 Å². The first-order valence-corrected chi connectivity index (χ1v) is 10.2. The van der Waals surface area contributed by atoms with Crippen LogP contribution in [0.2, 0.25) is 0 Å². The Balaban J connectivity index is 1.63. The topological polar surface area (TPSA) is 97.6 Å². The molecule has 168 valence electrons. The summed E-state index contributed by atoms with van der Waals surface area (Å²) >= 11 is 0. The number of fused-ring (bicyclic) bond motifs is 1. The van der Waals surface area contributed by atoms with Crippen LogP contribution in [0, 0.1) is 12.7 Å². The van der Waals surface area contributed by atoms with Crippen molar-refractivity contribution in [2.75, 3.05) is 23.9 Å². The first-order chi connectivity index (χ1) is 15.9. The van der Waals surface area contributed by atoms with E-state index in [2.05, 4.69) is 15.5 Å². The number of aromatic nitrogens is 2. The van der Waals surface area contributed by atoms with Crippen molar-refractivity contribution in [1.29, 1.82) is 0 Å². The number of amides is 2. The van der Waals surface area contributed by atoms with E-state index in [1.54, 1.807) is 63.4 Å². The largest absolute Gasteiger partial charge is 0.449 e. The Morgan fingerprint density at radius 2 is 1.82 bits per heavy atom. The van der Waals surface area contributed by atoms with Crippen LogP contribution in [0.3, 0.4) is 0 Å². The maximum atomic E-state index is 13.3. The number of aryl methyl sites for hydroxylation is 1. The number of carbonyl (C=O) groups is 2. The van der Waals surface area contributed by atoms with Crippen LogP contribution in [0.25, 0.3) is 22.4 Å². The van der Waals surface area contributed by atoms with Crippen LogP contribution in [0.4, 0.5) is 20.6 Å². The van der Waals surface area contributed by atoms with Gasteiger partial charge in [-0.05, 0) is 68.4 Å². The van der Waals surface area contributed by atoms with Crippen LogP contribution in [0.5, 0.6) is 0 Å². The van der Waals surface area contributed by atoms with E-state index in [0.29, 0.717) is 39.3 Å². The summed E-state index contributed by atoms with van der Waals surface area (Å²) in [5.74, 6) is -0.756. The lowest BCUT2D eigenvalue weighted by atomic mass is 10.0. The van der Waals surface area contributed by atoms with Gasteiger partial charge in [0, 0.05) is 24.0 Å². The Morgan fingerprint density at radius 3 is 2.48 bits per heavy atom. The SMILES string of the molecule is CCOC(=O)N(C)c1ccc(NC(=O)c2cc(-c3ccc(F)cc3)nc3onc(C)c23)cc1. The molecule has 9 heteroatoms. The standard InChI is InChI=1S/C24H21FN4O4/c1-4-32-24(31)29(3)18-11-9-17(10-12-18)26-22(30)19-13-20(15-5-7-16(25)8-6-15)27-23-21(19)14(2)28-33-23/h5-13H,4H2,1-3H3,(H,26,30).